The molecule has 20 heavy (non-hydrogen) atoms. The van der Waals surface area contributed by atoms with Gasteiger partial charge in [-0.2, -0.15) is 17.6 Å². The van der Waals surface area contributed by atoms with Crippen molar-refractivity contribution in [1.29, 1.82) is 0 Å². The molecule has 1 unspecified atom stereocenters. The lowest BCUT2D eigenvalue weighted by Gasteiger charge is -2.13. The molecule has 112 valence electrons. The minimum Gasteiger partial charge on any atom is -0.234 e. The highest BCUT2D eigenvalue weighted by Crippen LogP contribution is 2.32. The number of rotatable bonds is 2. The summed E-state index contributed by atoms with van der Waals surface area (Å²) in [6.07, 6.45) is -4.21. The molecule has 0 bridgehead atoms. The molecule has 2 nitrogen and oxygen atoms in total. The minimum absolute atomic E-state index is 0.0523. The summed E-state index contributed by atoms with van der Waals surface area (Å²) < 4.78 is 78.1. The van der Waals surface area contributed by atoms with Crippen LogP contribution in [0, 0.1) is 11.6 Å². The van der Waals surface area contributed by atoms with E-state index in [4.69, 9.17) is 0 Å². The monoisotopic (exact) mass is 313 g/mol. The molecule has 0 aliphatic rings. The van der Waals surface area contributed by atoms with Crippen LogP contribution in [0.2, 0.25) is 0 Å². The van der Waals surface area contributed by atoms with Crippen LogP contribution in [0.3, 0.4) is 0 Å². The van der Waals surface area contributed by atoms with Crippen molar-refractivity contribution in [2.75, 3.05) is 0 Å². The molecule has 0 aliphatic heterocycles. The van der Waals surface area contributed by atoms with Gasteiger partial charge in [-0.05, 0) is 32.9 Å². The molecule has 0 saturated carbocycles. The van der Waals surface area contributed by atoms with Gasteiger partial charge in [0.2, 0.25) is 0 Å². The fourth-order valence-corrected chi connectivity index (χ4v) is 1.67. The maximum absolute atomic E-state index is 13.5. The predicted octanol–water partition coefficient (Wildman–Crippen LogP) is 3.86. The van der Waals surface area contributed by atoms with Crippen molar-refractivity contribution >= 4 is 17.2 Å². The Morgan fingerprint density at radius 3 is 2.10 bits per heavy atom. The second-order valence-electron chi connectivity index (χ2n) is 4.95. The molecule has 1 aromatic rings. The Hall–Kier alpha value is -1.31. The Morgan fingerprint density at radius 2 is 1.65 bits per heavy atom. The summed E-state index contributed by atoms with van der Waals surface area (Å²) in [7, 11) is -1.72. The Kier molecular flexibility index (Phi) is 4.68. The van der Waals surface area contributed by atoms with Gasteiger partial charge in [0.25, 0.3) is 0 Å². The van der Waals surface area contributed by atoms with Crippen molar-refractivity contribution in [1.82, 2.24) is 0 Å². The Balaban J connectivity index is 3.15. The molecule has 0 aromatic heterocycles. The van der Waals surface area contributed by atoms with Gasteiger partial charge in [-0.1, -0.05) is 0 Å². The summed E-state index contributed by atoms with van der Waals surface area (Å²) in [6.45, 7) is 4.85. The highest BCUT2D eigenvalue weighted by Gasteiger charge is 2.35. The summed E-state index contributed by atoms with van der Waals surface area (Å²) in [5, 5.41) is 0. The van der Waals surface area contributed by atoms with E-state index in [0.717, 1.165) is 6.21 Å². The van der Waals surface area contributed by atoms with Crippen molar-refractivity contribution in [2.24, 2.45) is 4.40 Å². The first-order chi connectivity index (χ1) is 8.93. The summed E-state index contributed by atoms with van der Waals surface area (Å²) in [5.74, 6) is -2.89. The third-order valence-corrected chi connectivity index (χ3v) is 3.55. The van der Waals surface area contributed by atoms with Gasteiger partial charge in [0.1, 0.15) is 22.6 Å². The lowest BCUT2D eigenvalue weighted by atomic mass is 10.1. The maximum Gasteiger partial charge on any atom is 0.419 e. The Bertz CT molecular complexity index is 560. The number of halogens is 5. The molecule has 8 heteroatoms. The molecule has 1 aromatic carbocycles. The van der Waals surface area contributed by atoms with Gasteiger partial charge in [0.05, 0.1) is 10.3 Å². The van der Waals surface area contributed by atoms with Crippen LogP contribution in [0.5, 0.6) is 0 Å². The number of nitrogens with zero attached hydrogens (tertiary/aromatic N) is 1. The van der Waals surface area contributed by atoms with E-state index in [1.165, 1.54) is 0 Å². The lowest BCUT2D eigenvalue weighted by Crippen LogP contribution is -2.19. The largest absolute Gasteiger partial charge is 0.419 e. The summed E-state index contributed by atoms with van der Waals surface area (Å²) in [6, 6.07) is 0.429. The first-order valence-corrected chi connectivity index (χ1v) is 6.56. The molecular weight excluding hydrogens is 301 g/mol. The van der Waals surface area contributed by atoms with Gasteiger partial charge in [-0.3, -0.25) is 0 Å². The SMILES string of the molecule is CC(C)(C)S(=O)/N=C/c1cc(F)c(C(F)(F)F)cc1F. The summed E-state index contributed by atoms with van der Waals surface area (Å²) in [4.78, 5) is 0. The molecule has 0 amide bonds. The standard InChI is InChI=1S/C12H12F5NOS/c1-11(2,3)20(19)18-6-7-4-10(14)8(5-9(7)13)12(15,16)17/h4-6H,1-3H3/b18-6+. The maximum atomic E-state index is 13.5. The van der Waals surface area contributed by atoms with E-state index in [1.807, 2.05) is 0 Å². The van der Waals surface area contributed by atoms with Crippen LogP contribution in [0.25, 0.3) is 0 Å². The van der Waals surface area contributed by atoms with Gasteiger partial charge in [-0.25, -0.2) is 13.0 Å². The van der Waals surface area contributed by atoms with Gasteiger partial charge in [0, 0.05) is 11.8 Å². The Morgan fingerprint density at radius 1 is 1.10 bits per heavy atom. The van der Waals surface area contributed by atoms with Crippen molar-refractivity contribution in [3.05, 3.63) is 34.9 Å². The second kappa shape index (κ2) is 5.59. The third-order valence-electron chi connectivity index (χ3n) is 2.20. The van der Waals surface area contributed by atoms with Crippen LogP contribution in [0.4, 0.5) is 22.0 Å². The van der Waals surface area contributed by atoms with Crippen molar-refractivity contribution in [3.8, 4) is 0 Å². The first kappa shape index (κ1) is 16.7. The second-order valence-corrected chi connectivity index (χ2v) is 6.88. The number of alkyl halides is 3. The van der Waals surface area contributed by atoms with Gasteiger partial charge >= 0.3 is 6.18 Å². The smallest absolute Gasteiger partial charge is 0.234 e. The van der Waals surface area contributed by atoms with Crippen LogP contribution in [0.1, 0.15) is 31.9 Å². The lowest BCUT2D eigenvalue weighted by molar-refractivity contribution is -0.140. The average molecular weight is 313 g/mol. The van der Waals surface area contributed by atoms with E-state index < -0.39 is 44.7 Å². The number of hydrogen-bond acceptors (Lipinski definition) is 1. The van der Waals surface area contributed by atoms with Crippen LogP contribution < -0.4 is 0 Å². The number of hydrogen-bond donors (Lipinski definition) is 0. The van der Waals surface area contributed by atoms with Crippen molar-refractivity contribution < 1.29 is 26.2 Å². The molecule has 1 atom stereocenters. The molecule has 0 saturated heterocycles. The Labute approximate surface area is 115 Å². The zero-order valence-corrected chi connectivity index (χ0v) is 11.7. The van der Waals surface area contributed by atoms with Gasteiger partial charge in [0.15, 0.2) is 0 Å². The molecule has 1 rings (SSSR count). The fraction of sp³-hybridized carbons (Fsp3) is 0.417. The van der Waals surface area contributed by atoms with Crippen LogP contribution >= 0.6 is 0 Å². The minimum atomic E-state index is -4.98. The average Bonchev–Trinajstić information content (AvgIpc) is 2.26. The molecular formula is C12H12F5NOS. The molecule has 0 spiro atoms. The van der Waals surface area contributed by atoms with E-state index >= 15 is 0 Å². The van der Waals surface area contributed by atoms with Crippen molar-refractivity contribution in [3.63, 3.8) is 0 Å². The zero-order chi connectivity index (χ0) is 15.7. The van der Waals surface area contributed by atoms with E-state index in [9.17, 15) is 26.2 Å². The van der Waals surface area contributed by atoms with Crippen LogP contribution in [-0.4, -0.2) is 15.2 Å². The third kappa shape index (κ3) is 4.09. The highest BCUT2D eigenvalue weighted by molar-refractivity contribution is 7.85. The zero-order valence-electron chi connectivity index (χ0n) is 10.9. The van der Waals surface area contributed by atoms with E-state index in [0.29, 0.717) is 6.07 Å². The topological polar surface area (TPSA) is 29.4 Å². The molecule has 0 fully saturated rings. The van der Waals surface area contributed by atoms with E-state index in [1.54, 1.807) is 20.8 Å². The quantitative estimate of drug-likeness (QED) is 0.602. The van der Waals surface area contributed by atoms with Crippen LogP contribution in [-0.2, 0) is 17.2 Å². The highest BCUT2D eigenvalue weighted by atomic mass is 32.2. The van der Waals surface area contributed by atoms with Crippen LogP contribution in [0.15, 0.2) is 16.5 Å². The number of benzene rings is 1. The first-order valence-electron chi connectivity index (χ1n) is 5.45. The summed E-state index contributed by atoms with van der Waals surface area (Å²) >= 11 is 0. The normalized spacial score (nSPS) is 14.8. The fourth-order valence-electron chi connectivity index (χ4n) is 1.14. The molecule has 0 heterocycles. The van der Waals surface area contributed by atoms with Crippen molar-refractivity contribution in [2.45, 2.75) is 31.7 Å². The van der Waals surface area contributed by atoms with E-state index in [2.05, 4.69) is 4.40 Å². The van der Waals surface area contributed by atoms with E-state index in [-0.39, 0.29) is 6.07 Å². The summed E-state index contributed by atoms with van der Waals surface area (Å²) in [5.41, 5.74) is -2.18. The molecule has 0 radical (unpaired) electrons. The molecule has 0 aliphatic carbocycles. The molecule has 0 N–H and O–H groups in total. The van der Waals surface area contributed by atoms with Gasteiger partial charge in [-0.15, -0.1) is 0 Å². The van der Waals surface area contributed by atoms with Gasteiger partial charge < -0.3 is 0 Å². The predicted molar refractivity (Wildman–Crippen MR) is 66.8 cm³/mol.